The highest BCUT2D eigenvalue weighted by molar-refractivity contribution is 5.64. The summed E-state index contributed by atoms with van der Waals surface area (Å²) < 4.78 is 6.21. The van der Waals surface area contributed by atoms with Gasteiger partial charge in [0.15, 0.2) is 0 Å². The first kappa shape index (κ1) is 25.3. The van der Waals surface area contributed by atoms with Crippen LogP contribution in [-0.2, 0) is 19.6 Å². The highest BCUT2D eigenvalue weighted by Gasteiger charge is 2.11. The van der Waals surface area contributed by atoms with Crippen molar-refractivity contribution < 1.29 is 4.74 Å². The van der Waals surface area contributed by atoms with Crippen LogP contribution in [0.15, 0.2) is 146 Å². The summed E-state index contributed by atoms with van der Waals surface area (Å²) >= 11 is 0. The lowest BCUT2D eigenvalue weighted by molar-refractivity contribution is 0.196. The Morgan fingerprint density at radius 2 is 0.842 bits per heavy atom. The SMILES string of the molecule is c1ccc(CN(CCOc2ccc(N(Cc3ccccc3)c3ccccc3)cc2)Cc2ccccc2)cc1. The van der Waals surface area contributed by atoms with Crippen molar-refractivity contribution >= 4 is 11.4 Å². The number of hydrogen-bond acceptors (Lipinski definition) is 3. The Labute approximate surface area is 226 Å². The van der Waals surface area contributed by atoms with Crippen LogP contribution in [0.5, 0.6) is 5.75 Å². The second kappa shape index (κ2) is 13.3. The molecule has 0 unspecified atom stereocenters. The summed E-state index contributed by atoms with van der Waals surface area (Å²) in [6.45, 7) is 4.06. The van der Waals surface area contributed by atoms with E-state index in [-0.39, 0.29) is 0 Å². The summed E-state index contributed by atoms with van der Waals surface area (Å²) in [6.07, 6.45) is 0. The Kier molecular flexibility index (Phi) is 8.84. The molecule has 5 aromatic carbocycles. The summed E-state index contributed by atoms with van der Waals surface area (Å²) in [6, 6.07) is 50.9. The minimum atomic E-state index is 0.630. The third-order valence-corrected chi connectivity index (χ3v) is 6.57. The third-order valence-electron chi connectivity index (χ3n) is 6.57. The highest BCUT2D eigenvalue weighted by Crippen LogP contribution is 2.29. The summed E-state index contributed by atoms with van der Waals surface area (Å²) in [5, 5.41) is 0. The van der Waals surface area contributed by atoms with Gasteiger partial charge in [0.2, 0.25) is 0 Å². The average Bonchev–Trinajstić information content (AvgIpc) is 2.98. The first-order valence-corrected chi connectivity index (χ1v) is 13.2. The van der Waals surface area contributed by atoms with Gasteiger partial charge >= 0.3 is 0 Å². The van der Waals surface area contributed by atoms with Crippen LogP contribution in [0, 0.1) is 0 Å². The maximum Gasteiger partial charge on any atom is 0.119 e. The maximum atomic E-state index is 6.21. The maximum absolute atomic E-state index is 6.21. The van der Waals surface area contributed by atoms with Gasteiger partial charge in [-0.05, 0) is 53.1 Å². The molecular weight excluding hydrogens is 464 g/mol. The van der Waals surface area contributed by atoms with E-state index in [0.29, 0.717) is 6.61 Å². The van der Waals surface area contributed by atoms with E-state index in [1.807, 2.05) is 0 Å². The van der Waals surface area contributed by atoms with Gasteiger partial charge in [0.25, 0.3) is 0 Å². The van der Waals surface area contributed by atoms with E-state index in [4.69, 9.17) is 4.74 Å². The number of rotatable bonds is 12. The molecule has 0 aliphatic rings. The van der Waals surface area contributed by atoms with Gasteiger partial charge in [0, 0.05) is 37.6 Å². The molecule has 0 atom stereocenters. The molecule has 0 heterocycles. The summed E-state index contributed by atoms with van der Waals surface area (Å²) in [4.78, 5) is 4.77. The first-order valence-electron chi connectivity index (χ1n) is 13.2. The molecule has 0 radical (unpaired) electrons. The fourth-order valence-electron chi connectivity index (χ4n) is 4.62. The molecule has 0 aliphatic carbocycles. The van der Waals surface area contributed by atoms with Gasteiger partial charge < -0.3 is 9.64 Å². The number of hydrogen-bond donors (Lipinski definition) is 0. The molecule has 38 heavy (non-hydrogen) atoms. The predicted molar refractivity (Wildman–Crippen MR) is 158 cm³/mol. The molecule has 3 nitrogen and oxygen atoms in total. The van der Waals surface area contributed by atoms with Gasteiger partial charge in [-0.15, -0.1) is 0 Å². The molecular formula is C35H34N2O. The van der Waals surface area contributed by atoms with Crippen LogP contribution in [0.25, 0.3) is 0 Å². The van der Waals surface area contributed by atoms with Gasteiger partial charge in [0.05, 0.1) is 0 Å². The minimum absolute atomic E-state index is 0.630. The second-order valence-electron chi connectivity index (χ2n) is 9.43. The summed E-state index contributed by atoms with van der Waals surface area (Å²) in [5.41, 5.74) is 6.21. The van der Waals surface area contributed by atoms with Gasteiger partial charge in [-0.2, -0.15) is 0 Å². The van der Waals surface area contributed by atoms with Crippen LogP contribution in [0.4, 0.5) is 11.4 Å². The van der Waals surface area contributed by atoms with Crippen LogP contribution < -0.4 is 9.64 Å². The fraction of sp³-hybridized carbons (Fsp3) is 0.143. The van der Waals surface area contributed by atoms with Crippen molar-refractivity contribution in [2.75, 3.05) is 18.1 Å². The van der Waals surface area contributed by atoms with Crippen LogP contribution in [0.3, 0.4) is 0 Å². The van der Waals surface area contributed by atoms with Crippen LogP contribution in [0.2, 0.25) is 0 Å². The topological polar surface area (TPSA) is 15.7 Å². The van der Waals surface area contributed by atoms with Gasteiger partial charge in [-0.25, -0.2) is 0 Å². The number of nitrogens with zero attached hydrogens (tertiary/aromatic N) is 2. The van der Waals surface area contributed by atoms with Crippen LogP contribution in [0.1, 0.15) is 16.7 Å². The second-order valence-corrected chi connectivity index (χ2v) is 9.43. The molecule has 0 bridgehead atoms. The summed E-state index contributed by atoms with van der Waals surface area (Å²) in [7, 11) is 0. The molecule has 190 valence electrons. The lowest BCUT2D eigenvalue weighted by Crippen LogP contribution is -2.27. The van der Waals surface area contributed by atoms with Gasteiger partial charge in [-0.1, -0.05) is 109 Å². The molecule has 0 amide bonds. The highest BCUT2D eigenvalue weighted by atomic mass is 16.5. The van der Waals surface area contributed by atoms with Gasteiger partial charge in [0.1, 0.15) is 12.4 Å². The lowest BCUT2D eigenvalue weighted by atomic mass is 10.1. The van der Waals surface area contributed by atoms with Crippen molar-refractivity contribution in [1.82, 2.24) is 4.90 Å². The van der Waals surface area contributed by atoms with Crippen molar-refractivity contribution in [2.45, 2.75) is 19.6 Å². The molecule has 0 fully saturated rings. The number of para-hydroxylation sites is 1. The predicted octanol–water partition coefficient (Wildman–Crippen LogP) is 8.11. The Morgan fingerprint density at radius 1 is 0.421 bits per heavy atom. The van der Waals surface area contributed by atoms with E-state index in [1.54, 1.807) is 0 Å². The van der Waals surface area contributed by atoms with Crippen molar-refractivity contribution in [3.05, 3.63) is 162 Å². The lowest BCUT2D eigenvalue weighted by Gasteiger charge is -2.26. The number of anilines is 2. The van der Waals surface area contributed by atoms with Crippen molar-refractivity contribution in [2.24, 2.45) is 0 Å². The smallest absolute Gasteiger partial charge is 0.119 e. The molecule has 0 N–H and O–H groups in total. The molecule has 0 spiro atoms. The summed E-state index contributed by atoms with van der Waals surface area (Å²) in [5.74, 6) is 0.890. The molecule has 0 saturated heterocycles. The Hall–Kier alpha value is -4.34. The van der Waals surface area contributed by atoms with E-state index in [2.05, 4.69) is 155 Å². The van der Waals surface area contributed by atoms with E-state index in [1.165, 1.54) is 22.4 Å². The van der Waals surface area contributed by atoms with Crippen LogP contribution >= 0.6 is 0 Å². The molecule has 0 aliphatic heterocycles. The zero-order valence-electron chi connectivity index (χ0n) is 21.7. The quantitative estimate of drug-likeness (QED) is 0.173. The first-order chi connectivity index (χ1) is 18.8. The van der Waals surface area contributed by atoms with Crippen molar-refractivity contribution in [3.8, 4) is 5.75 Å². The third kappa shape index (κ3) is 7.34. The standard InChI is InChI=1S/C35H34N2O/c1-5-13-30(14-6-1)27-36(28-31-15-7-2-8-16-31)25-26-38-35-23-21-34(22-24-35)37(33-19-11-4-12-20-33)29-32-17-9-3-10-18-32/h1-24H,25-29H2. The number of ether oxygens (including phenoxy) is 1. The fourth-order valence-corrected chi connectivity index (χ4v) is 4.62. The molecule has 3 heteroatoms. The normalized spacial score (nSPS) is 10.9. The molecule has 5 rings (SSSR count). The van der Waals surface area contributed by atoms with E-state index in [9.17, 15) is 0 Å². The Morgan fingerprint density at radius 3 is 1.34 bits per heavy atom. The molecule has 5 aromatic rings. The Bertz CT molecular complexity index is 1300. The largest absolute Gasteiger partial charge is 0.492 e. The average molecular weight is 499 g/mol. The monoisotopic (exact) mass is 498 g/mol. The van der Waals surface area contributed by atoms with Crippen molar-refractivity contribution in [3.63, 3.8) is 0 Å². The van der Waals surface area contributed by atoms with Crippen LogP contribution in [-0.4, -0.2) is 18.1 Å². The van der Waals surface area contributed by atoms with E-state index in [0.717, 1.165) is 37.6 Å². The zero-order chi connectivity index (χ0) is 25.8. The van der Waals surface area contributed by atoms with Gasteiger partial charge in [-0.3, -0.25) is 4.90 Å². The molecule has 0 saturated carbocycles. The minimum Gasteiger partial charge on any atom is -0.492 e. The van der Waals surface area contributed by atoms with Crippen molar-refractivity contribution in [1.29, 1.82) is 0 Å². The Balaban J connectivity index is 1.23. The van der Waals surface area contributed by atoms with E-state index < -0.39 is 0 Å². The number of benzene rings is 5. The zero-order valence-corrected chi connectivity index (χ0v) is 21.7. The molecule has 0 aromatic heterocycles. The van der Waals surface area contributed by atoms with E-state index >= 15 is 0 Å².